The second kappa shape index (κ2) is 37.9. The van der Waals surface area contributed by atoms with E-state index in [9.17, 15) is 38.2 Å². The van der Waals surface area contributed by atoms with Crippen molar-refractivity contribution in [2.45, 2.75) is 206 Å². The summed E-state index contributed by atoms with van der Waals surface area (Å²) in [5.41, 5.74) is 0. The number of hydrogen-bond donors (Lipinski definition) is 2. The molecule has 0 amide bonds. The maximum absolute atomic E-state index is 12.7. The lowest BCUT2D eigenvalue weighted by atomic mass is 10.1. The van der Waals surface area contributed by atoms with Crippen molar-refractivity contribution >= 4 is 43.6 Å². The van der Waals surface area contributed by atoms with E-state index in [1.54, 1.807) is 0 Å². The number of phosphoric acid groups is 1. The quantitative estimate of drug-likeness (QED) is 0.0253. The molecule has 3 atom stereocenters. The molecule has 59 heavy (non-hydrogen) atoms. The summed E-state index contributed by atoms with van der Waals surface area (Å²) >= 11 is 0. The molecule has 0 fully saturated rings. The molecule has 0 spiro atoms. The van der Waals surface area contributed by atoms with Crippen molar-refractivity contribution in [2.75, 3.05) is 26.4 Å². The van der Waals surface area contributed by atoms with Crippen LogP contribution < -0.4 is 4.89 Å². The van der Waals surface area contributed by atoms with E-state index < -0.39 is 108 Å². The Morgan fingerprint density at radius 3 is 1.07 bits per heavy atom. The topological polar surface area (TPSA) is 238 Å². The molecule has 0 rings (SSSR count). The van der Waals surface area contributed by atoms with Crippen LogP contribution in [0.2, 0.25) is 0 Å². The highest BCUT2D eigenvalue weighted by molar-refractivity contribution is 7.45. The third-order valence-electron chi connectivity index (χ3n) is 9.35. The Hall–Kier alpha value is -3.07. The Kier molecular flexibility index (Phi) is 35.9. The number of ether oxygens (including phenoxy) is 4. The molecule has 0 bridgehead atoms. The van der Waals surface area contributed by atoms with Crippen molar-refractivity contribution in [3.63, 3.8) is 0 Å². The fourth-order valence-electron chi connectivity index (χ4n) is 5.91. The number of carbonyl (C=O) groups is 6. The standard InChI is InChI=1S/C42H75O16P/c1-3-5-7-9-11-13-15-17-19-21-23-25-39(47)53-31-35(57-41(49)26-24-22-20-18-16-14-12-10-8-6-4-2)33-55-59(51,52)56-34-36(58-42(50)30-28-38(45)46)32-54-40(48)29-27-37(43)44/h35-36H,3-34H2,1-2H3,(H,43,44)(H,45,46)(H,51,52)/p-1/t35-,36?/m1/s1. The van der Waals surface area contributed by atoms with Crippen molar-refractivity contribution < 1.29 is 76.4 Å². The third-order valence-corrected chi connectivity index (χ3v) is 10.3. The molecule has 0 aromatic carbocycles. The van der Waals surface area contributed by atoms with Crippen LogP contribution in [0, 0.1) is 0 Å². The van der Waals surface area contributed by atoms with Gasteiger partial charge in [0.05, 0.1) is 38.9 Å². The van der Waals surface area contributed by atoms with E-state index in [0.717, 1.165) is 51.4 Å². The zero-order valence-corrected chi connectivity index (χ0v) is 36.7. The maximum atomic E-state index is 12.7. The van der Waals surface area contributed by atoms with Crippen molar-refractivity contribution in [3.05, 3.63) is 0 Å². The first-order valence-electron chi connectivity index (χ1n) is 22.0. The van der Waals surface area contributed by atoms with E-state index in [4.69, 9.17) is 38.2 Å². The van der Waals surface area contributed by atoms with Gasteiger partial charge in [-0.1, -0.05) is 142 Å². The van der Waals surface area contributed by atoms with E-state index in [1.165, 1.54) is 77.0 Å². The van der Waals surface area contributed by atoms with Gasteiger partial charge in [-0.25, -0.2) is 0 Å². The number of aliphatic carboxylic acids is 2. The molecule has 0 aliphatic heterocycles. The molecule has 16 nitrogen and oxygen atoms in total. The minimum absolute atomic E-state index is 0.0752. The molecule has 0 aromatic heterocycles. The molecule has 0 saturated heterocycles. The molecule has 0 aliphatic rings. The van der Waals surface area contributed by atoms with Crippen LogP contribution in [0.1, 0.15) is 194 Å². The monoisotopic (exact) mass is 865 g/mol. The van der Waals surface area contributed by atoms with Crippen LogP contribution in [-0.2, 0) is 61.3 Å². The third kappa shape index (κ3) is 38.9. The van der Waals surface area contributed by atoms with Crippen LogP contribution in [-0.4, -0.2) is 84.7 Å². The van der Waals surface area contributed by atoms with Gasteiger partial charge in [-0.05, 0) is 12.8 Å². The molecule has 17 heteroatoms. The summed E-state index contributed by atoms with van der Waals surface area (Å²) in [6.45, 7) is 1.53. The predicted octanol–water partition coefficient (Wildman–Crippen LogP) is 8.53. The number of unbranched alkanes of at least 4 members (excludes halogenated alkanes) is 20. The van der Waals surface area contributed by atoms with E-state index in [1.807, 2.05) is 0 Å². The van der Waals surface area contributed by atoms with Crippen molar-refractivity contribution in [1.82, 2.24) is 0 Å². The lowest BCUT2D eigenvalue weighted by Crippen LogP contribution is -2.32. The predicted molar refractivity (Wildman–Crippen MR) is 217 cm³/mol. The van der Waals surface area contributed by atoms with Gasteiger partial charge in [0.15, 0.2) is 12.2 Å². The summed E-state index contributed by atoms with van der Waals surface area (Å²) in [6.07, 6.45) is 19.5. The van der Waals surface area contributed by atoms with E-state index in [-0.39, 0.29) is 12.8 Å². The summed E-state index contributed by atoms with van der Waals surface area (Å²) < 4.78 is 43.2. The van der Waals surface area contributed by atoms with Gasteiger partial charge in [-0.15, -0.1) is 0 Å². The number of phosphoric ester groups is 1. The van der Waals surface area contributed by atoms with Gasteiger partial charge in [0.2, 0.25) is 0 Å². The van der Waals surface area contributed by atoms with Gasteiger partial charge in [-0.3, -0.25) is 33.3 Å². The van der Waals surface area contributed by atoms with Crippen LogP contribution >= 0.6 is 7.82 Å². The number of rotatable bonds is 42. The Labute approximate surface area is 351 Å². The van der Waals surface area contributed by atoms with Gasteiger partial charge in [0.1, 0.15) is 13.2 Å². The highest BCUT2D eigenvalue weighted by atomic mass is 31.2. The molecule has 0 heterocycles. The first-order valence-corrected chi connectivity index (χ1v) is 23.5. The van der Waals surface area contributed by atoms with E-state index >= 15 is 0 Å². The molecule has 0 aromatic rings. The number of carboxylic acids is 2. The maximum Gasteiger partial charge on any atom is 0.306 e. The average molecular weight is 866 g/mol. The van der Waals surface area contributed by atoms with Crippen LogP contribution in [0.15, 0.2) is 0 Å². The number of carboxylic acid groups (broad SMARTS) is 2. The van der Waals surface area contributed by atoms with E-state index in [0.29, 0.717) is 12.8 Å². The summed E-state index contributed by atoms with van der Waals surface area (Å²) in [6, 6.07) is 0. The molecule has 344 valence electrons. The minimum atomic E-state index is -5.21. The smallest absolute Gasteiger partial charge is 0.306 e. The van der Waals surface area contributed by atoms with Crippen LogP contribution in [0.25, 0.3) is 0 Å². The van der Waals surface area contributed by atoms with Crippen LogP contribution in [0.5, 0.6) is 0 Å². The zero-order valence-electron chi connectivity index (χ0n) is 35.8. The molecular weight excluding hydrogens is 791 g/mol. The Balaban J connectivity index is 5.12. The van der Waals surface area contributed by atoms with Crippen LogP contribution in [0.3, 0.4) is 0 Å². The highest BCUT2D eigenvalue weighted by Crippen LogP contribution is 2.39. The first kappa shape index (κ1) is 55.9. The second-order valence-corrected chi connectivity index (χ2v) is 16.4. The zero-order chi connectivity index (χ0) is 44.0. The number of carbonyl (C=O) groups excluding carboxylic acids is 4. The van der Waals surface area contributed by atoms with Crippen molar-refractivity contribution in [1.29, 1.82) is 0 Å². The molecule has 2 unspecified atom stereocenters. The normalized spacial score (nSPS) is 13.2. The molecule has 2 N–H and O–H groups in total. The summed E-state index contributed by atoms with van der Waals surface area (Å²) in [4.78, 5) is 83.6. The van der Waals surface area contributed by atoms with Gasteiger partial charge in [0.25, 0.3) is 7.82 Å². The van der Waals surface area contributed by atoms with Gasteiger partial charge in [0, 0.05) is 12.8 Å². The van der Waals surface area contributed by atoms with Gasteiger partial charge < -0.3 is 43.1 Å². The Bertz CT molecular complexity index is 1200. The van der Waals surface area contributed by atoms with Gasteiger partial charge >= 0.3 is 35.8 Å². The molecule has 0 radical (unpaired) electrons. The summed E-state index contributed by atoms with van der Waals surface area (Å²) in [5, 5.41) is 17.6. The van der Waals surface area contributed by atoms with Crippen molar-refractivity contribution in [3.8, 4) is 0 Å². The summed E-state index contributed by atoms with van der Waals surface area (Å²) in [5.74, 6) is -5.72. The Morgan fingerprint density at radius 1 is 0.424 bits per heavy atom. The second-order valence-electron chi connectivity index (χ2n) is 15.0. The minimum Gasteiger partial charge on any atom is -0.756 e. The largest absolute Gasteiger partial charge is 0.756 e. The van der Waals surface area contributed by atoms with Crippen LogP contribution in [0.4, 0.5) is 0 Å². The molecule has 0 aliphatic carbocycles. The number of hydrogen-bond acceptors (Lipinski definition) is 14. The first-order chi connectivity index (χ1) is 28.3. The summed E-state index contributed by atoms with van der Waals surface area (Å²) in [7, 11) is -5.21. The van der Waals surface area contributed by atoms with Crippen molar-refractivity contribution in [2.24, 2.45) is 0 Å². The molecular formula is C42H74O16P-. The highest BCUT2D eigenvalue weighted by Gasteiger charge is 2.24. The fraction of sp³-hybridized carbons (Fsp3) is 0.857. The lowest BCUT2D eigenvalue weighted by Gasteiger charge is -2.27. The van der Waals surface area contributed by atoms with E-state index in [2.05, 4.69) is 13.8 Å². The average Bonchev–Trinajstić information content (AvgIpc) is 3.19. The SMILES string of the molecule is CCCCCCCCCCCCCC(=O)OC[C@H](COP(=O)([O-])OCC(COC(=O)CCC(=O)O)OC(=O)CCC(=O)O)OC(=O)CCCCCCCCCCCCC. The lowest BCUT2D eigenvalue weighted by molar-refractivity contribution is -0.231. The number of esters is 4. The fourth-order valence-corrected chi connectivity index (χ4v) is 6.68. The molecule has 0 saturated carbocycles. The van der Waals surface area contributed by atoms with Gasteiger partial charge in [-0.2, -0.15) is 0 Å². The Morgan fingerprint density at radius 2 is 0.712 bits per heavy atom.